The summed E-state index contributed by atoms with van der Waals surface area (Å²) in [5.74, 6) is 0.733. The largest absolute Gasteiger partial charge is 0.455 e. The maximum absolute atomic E-state index is 13.1. The molecular weight excluding hydrogens is 408 g/mol. The molecule has 1 aliphatic heterocycles. The minimum atomic E-state index is -3.86. The summed E-state index contributed by atoms with van der Waals surface area (Å²) in [6, 6.07) is 12.1. The summed E-state index contributed by atoms with van der Waals surface area (Å²) in [4.78, 5) is 6.08. The van der Waals surface area contributed by atoms with E-state index in [-0.39, 0.29) is 28.0 Å². The van der Waals surface area contributed by atoms with Gasteiger partial charge in [0.15, 0.2) is 5.76 Å². The van der Waals surface area contributed by atoms with Crippen molar-refractivity contribution in [3.05, 3.63) is 47.9 Å². The molecule has 0 bridgehead atoms. The predicted molar refractivity (Wildman–Crippen MR) is 109 cm³/mol. The highest BCUT2D eigenvalue weighted by atomic mass is 32.2. The Morgan fingerprint density at radius 1 is 1.17 bits per heavy atom. The van der Waals surface area contributed by atoms with Crippen LogP contribution in [0.2, 0.25) is 0 Å². The molecule has 4 rings (SSSR count). The van der Waals surface area contributed by atoms with E-state index in [2.05, 4.69) is 4.98 Å². The number of sulfonamides is 1. The fraction of sp³-hybridized carbons (Fsp3) is 0.300. The van der Waals surface area contributed by atoms with Crippen molar-refractivity contribution in [3.63, 3.8) is 0 Å². The van der Waals surface area contributed by atoms with Crippen molar-refractivity contribution in [1.29, 1.82) is 5.26 Å². The van der Waals surface area contributed by atoms with Gasteiger partial charge in [-0.15, -0.1) is 0 Å². The first kappa shape index (κ1) is 20.0. The second-order valence-electron chi connectivity index (χ2n) is 6.72. The number of furan rings is 1. The number of aromatic nitrogens is 1. The van der Waals surface area contributed by atoms with Gasteiger partial charge in [-0.05, 0) is 19.1 Å². The fourth-order valence-corrected chi connectivity index (χ4v) is 4.58. The van der Waals surface area contributed by atoms with Gasteiger partial charge in [0.1, 0.15) is 16.7 Å². The van der Waals surface area contributed by atoms with Gasteiger partial charge >= 0.3 is 0 Å². The number of aryl methyl sites for hydroxylation is 1. The van der Waals surface area contributed by atoms with E-state index >= 15 is 0 Å². The van der Waals surface area contributed by atoms with Crippen molar-refractivity contribution >= 4 is 21.6 Å². The second kappa shape index (κ2) is 7.85. The van der Waals surface area contributed by atoms with Crippen molar-refractivity contribution in [3.8, 4) is 17.7 Å². The van der Waals surface area contributed by atoms with E-state index in [1.54, 1.807) is 31.2 Å². The van der Waals surface area contributed by atoms with Crippen molar-refractivity contribution < 1.29 is 22.0 Å². The number of nitrogens with zero attached hydrogens (tertiary/aromatic N) is 4. The van der Waals surface area contributed by atoms with Gasteiger partial charge in [-0.25, -0.2) is 8.42 Å². The number of hydrogen-bond acceptors (Lipinski definition) is 8. The summed E-state index contributed by atoms with van der Waals surface area (Å²) >= 11 is 0. The topological polar surface area (TPSA) is 113 Å². The highest BCUT2D eigenvalue weighted by Crippen LogP contribution is 2.34. The van der Waals surface area contributed by atoms with Gasteiger partial charge in [0, 0.05) is 26.2 Å². The lowest BCUT2D eigenvalue weighted by Gasteiger charge is -2.25. The van der Waals surface area contributed by atoms with Crippen molar-refractivity contribution in [1.82, 2.24) is 4.98 Å². The van der Waals surface area contributed by atoms with E-state index in [0.717, 1.165) is 0 Å². The van der Waals surface area contributed by atoms with Gasteiger partial charge in [-0.2, -0.15) is 10.2 Å². The zero-order chi connectivity index (χ0) is 21.3. The Kier molecular flexibility index (Phi) is 5.24. The molecular formula is C20H20N4O5S. The lowest BCUT2D eigenvalue weighted by Crippen LogP contribution is -2.36. The summed E-state index contributed by atoms with van der Waals surface area (Å²) in [5, 5.41) is 9.43. The number of anilines is 2. The van der Waals surface area contributed by atoms with E-state index in [1.807, 2.05) is 17.0 Å². The normalized spacial score (nSPS) is 14.5. The van der Waals surface area contributed by atoms with Crippen LogP contribution in [0.15, 0.2) is 50.1 Å². The Balaban J connectivity index is 1.69. The highest BCUT2D eigenvalue weighted by Gasteiger charge is 2.29. The first-order valence-corrected chi connectivity index (χ1v) is 10.7. The molecule has 0 saturated carbocycles. The Morgan fingerprint density at radius 2 is 1.87 bits per heavy atom. The van der Waals surface area contributed by atoms with Crippen LogP contribution in [-0.2, 0) is 14.8 Å². The van der Waals surface area contributed by atoms with Crippen molar-refractivity contribution in [2.24, 2.45) is 0 Å². The molecule has 0 N–H and O–H groups in total. The molecule has 0 spiro atoms. The Morgan fingerprint density at radius 3 is 2.53 bits per heavy atom. The maximum Gasteiger partial charge on any atom is 0.267 e. The number of rotatable bonds is 5. The molecule has 1 aromatic carbocycles. The minimum absolute atomic E-state index is 0.00785. The van der Waals surface area contributed by atoms with E-state index < -0.39 is 10.0 Å². The van der Waals surface area contributed by atoms with Gasteiger partial charge < -0.3 is 18.5 Å². The Hall–Kier alpha value is -3.29. The highest BCUT2D eigenvalue weighted by molar-refractivity contribution is 7.92. The summed E-state index contributed by atoms with van der Waals surface area (Å²) in [6.45, 7) is 3.75. The Labute approximate surface area is 174 Å². The van der Waals surface area contributed by atoms with E-state index in [0.29, 0.717) is 37.9 Å². The molecule has 0 aliphatic carbocycles. The number of hydrogen-bond donors (Lipinski definition) is 0. The first-order chi connectivity index (χ1) is 14.4. The van der Waals surface area contributed by atoms with Crippen LogP contribution in [0.25, 0.3) is 11.7 Å². The van der Waals surface area contributed by atoms with Gasteiger partial charge in [0.2, 0.25) is 11.6 Å². The van der Waals surface area contributed by atoms with Crippen LogP contribution in [0.3, 0.4) is 0 Å². The lowest BCUT2D eigenvalue weighted by atomic mass is 10.3. The molecule has 30 heavy (non-hydrogen) atoms. The lowest BCUT2D eigenvalue weighted by molar-refractivity contribution is 0.120. The van der Waals surface area contributed by atoms with Crippen LogP contribution in [0, 0.1) is 18.3 Å². The van der Waals surface area contributed by atoms with Gasteiger partial charge in [-0.1, -0.05) is 18.2 Å². The predicted octanol–water partition coefficient (Wildman–Crippen LogP) is 2.78. The number of oxazole rings is 1. The third-order valence-electron chi connectivity index (χ3n) is 4.85. The van der Waals surface area contributed by atoms with Gasteiger partial charge in [0.25, 0.3) is 15.9 Å². The fourth-order valence-electron chi connectivity index (χ4n) is 3.22. The molecule has 0 atom stereocenters. The molecule has 3 aromatic rings. The molecule has 0 unspecified atom stereocenters. The van der Waals surface area contributed by atoms with E-state index in [1.165, 1.54) is 17.4 Å². The van der Waals surface area contributed by atoms with Gasteiger partial charge in [0.05, 0.1) is 18.9 Å². The number of para-hydroxylation sites is 1. The number of nitriles is 1. The average Bonchev–Trinajstić information content (AvgIpc) is 3.38. The van der Waals surface area contributed by atoms with Crippen LogP contribution in [0.1, 0.15) is 11.5 Å². The molecule has 1 saturated heterocycles. The molecule has 1 fully saturated rings. The third-order valence-corrected chi connectivity index (χ3v) is 6.75. The Bertz CT molecular complexity index is 1190. The maximum atomic E-state index is 13.1. The molecule has 2 aromatic heterocycles. The number of benzene rings is 1. The van der Waals surface area contributed by atoms with Crippen molar-refractivity contribution in [2.45, 2.75) is 11.8 Å². The van der Waals surface area contributed by atoms with Crippen LogP contribution >= 0.6 is 0 Å². The molecule has 1 aliphatic rings. The molecule has 3 heterocycles. The van der Waals surface area contributed by atoms with Gasteiger partial charge in [-0.3, -0.25) is 4.31 Å². The molecule has 0 amide bonds. The average molecular weight is 428 g/mol. The third kappa shape index (κ3) is 3.53. The molecule has 9 nitrogen and oxygen atoms in total. The smallest absolute Gasteiger partial charge is 0.267 e. The van der Waals surface area contributed by atoms with Crippen molar-refractivity contribution in [2.75, 3.05) is 42.6 Å². The quantitative estimate of drug-likeness (QED) is 0.610. The van der Waals surface area contributed by atoms with Crippen LogP contribution < -0.4 is 9.21 Å². The number of morpholine rings is 1. The monoisotopic (exact) mass is 428 g/mol. The molecule has 0 radical (unpaired) electrons. The molecule has 10 heteroatoms. The zero-order valence-electron chi connectivity index (χ0n) is 16.5. The second-order valence-corrected chi connectivity index (χ2v) is 8.66. The minimum Gasteiger partial charge on any atom is -0.455 e. The van der Waals surface area contributed by atoms with Crippen LogP contribution in [0.5, 0.6) is 0 Å². The standard InChI is InChI=1S/C20H20N4O5S/c1-14-18(30(25,26)23(2)15-6-4-3-5-7-15)12-17(28-14)19-22-16(13-21)20(29-19)24-8-10-27-11-9-24/h3-7,12H,8-11H2,1-2H3. The first-order valence-electron chi connectivity index (χ1n) is 9.30. The molecule has 156 valence electrons. The summed E-state index contributed by atoms with van der Waals surface area (Å²) in [5.41, 5.74) is 0.643. The van der Waals surface area contributed by atoms with Crippen LogP contribution in [0.4, 0.5) is 11.6 Å². The SMILES string of the molecule is Cc1oc(-c2nc(C#N)c(N3CCOCC3)o2)cc1S(=O)(=O)N(C)c1ccccc1. The summed E-state index contributed by atoms with van der Waals surface area (Å²) in [7, 11) is -2.38. The number of ether oxygens (including phenoxy) is 1. The summed E-state index contributed by atoms with van der Waals surface area (Å²) < 4.78 is 44.2. The zero-order valence-corrected chi connectivity index (χ0v) is 17.3. The van der Waals surface area contributed by atoms with E-state index in [4.69, 9.17) is 13.6 Å². The summed E-state index contributed by atoms with van der Waals surface area (Å²) in [6.07, 6.45) is 0. The van der Waals surface area contributed by atoms with E-state index in [9.17, 15) is 13.7 Å². The van der Waals surface area contributed by atoms with Crippen LogP contribution in [-0.4, -0.2) is 46.8 Å².